The number of aromatic nitrogens is 1. The first-order chi connectivity index (χ1) is 9.31. The van der Waals surface area contributed by atoms with Crippen LogP contribution in [0, 0.1) is 11.3 Å². The molecule has 0 bridgehead atoms. The number of ether oxygens (including phenoxy) is 1. The molecule has 96 valence electrons. The van der Waals surface area contributed by atoms with E-state index in [1.54, 1.807) is 30.5 Å². The zero-order valence-corrected chi connectivity index (χ0v) is 10.8. The van der Waals surface area contributed by atoms with Crippen molar-refractivity contribution in [3.63, 3.8) is 0 Å². The summed E-state index contributed by atoms with van der Waals surface area (Å²) >= 11 is 0. The summed E-state index contributed by atoms with van der Waals surface area (Å²) in [4.78, 5) is 4.27. The molecule has 1 heterocycles. The van der Waals surface area contributed by atoms with Crippen molar-refractivity contribution in [3.8, 4) is 11.8 Å². The molecule has 0 fully saturated rings. The van der Waals surface area contributed by atoms with E-state index < -0.39 is 0 Å². The molecule has 0 unspecified atom stereocenters. The van der Waals surface area contributed by atoms with E-state index in [0.717, 1.165) is 23.7 Å². The lowest BCUT2D eigenvalue weighted by Gasteiger charge is -2.07. The molecule has 0 aliphatic carbocycles. The number of nitrogens with zero attached hydrogens (tertiary/aromatic N) is 2. The van der Waals surface area contributed by atoms with Gasteiger partial charge < -0.3 is 10.1 Å². The molecular weight excluding hydrogens is 238 g/mol. The fourth-order valence-corrected chi connectivity index (χ4v) is 1.59. The minimum absolute atomic E-state index is 0.464. The third-order valence-corrected chi connectivity index (χ3v) is 2.57. The molecule has 2 aromatic rings. The summed E-state index contributed by atoms with van der Waals surface area (Å²) < 4.78 is 5.62. The maximum Gasteiger partial charge on any atom is 0.125 e. The van der Waals surface area contributed by atoms with Crippen molar-refractivity contribution in [2.45, 2.75) is 13.5 Å². The third-order valence-electron chi connectivity index (χ3n) is 2.57. The van der Waals surface area contributed by atoms with Crippen molar-refractivity contribution in [2.24, 2.45) is 0 Å². The second kappa shape index (κ2) is 6.41. The highest BCUT2D eigenvalue weighted by Crippen LogP contribution is 2.14. The Morgan fingerprint density at radius 2 is 2.00 bits per heavy atom. The standard InChI is InChI=1S/C15H15N3O/c1-2-17-15-8-5-13(10-18-15)11-19-14-6-3-12(9-16)4-7-14/h3-8,10H,2,11H2,1H3,(H,17,18). The van der Waals surface area contributed by atoms with E-state index in [1.807, 2.05) is 19.1 Å². The minimum Gasteiger partial charge on any atom is -0.489 e. The first-order valence-corrected chi connectivity index (χ1v) is 6.13. The summed E-state index contributed by atoms with van der Waals surface area (Å²) in [6.07, 6.45) is 1.79. The third kappa shape index (κ3) is 3.71. The van der Waals surface area contributed by atoms with Gasteiger partial charge in [-0.1, -0.05) is 6.07 Å². The number of hydrogen-bond donors (Lipinski definition) is 1. The van der Waals surface area contributed by atoms with Crippen LogP contribution < -0.4 is 10.1 Å². The number of benzene rings is 1. The van der Waals surface area contributed by atoms with E-state index in [9.17, 15) is 0 Å². The van der Waals surface area contributed by atoms with E-state index in [4.69, 9.17) is 10.00 Å². The number of rotatable bonds is 5. The van der Waals surface area contributed by atoms with Crippen molar-refractivity contribution in [3.05, 3.63) is 53.7 Å². The van der Waals surface area contributed by atoms with E-state index >= 15 is 0 Å². The summed E-state index contributed by atoms with van der Waals surface area (Å²) in [5.41, 5.74) is 1.63. The van der Waals surface area contributed by atoms with Crippen molar-refractivity contribution < 1.29 is 4.74 Å². The highest BCUT2D eigenvalue weighted by Gasteiger charge is 1.98. The summed E-state index contributed by atoms with van der Waals surface area (Å²) in [6, 6.07) is 13.0. The molecule has 0 saturated heterocycles. The van der Waals surface area contributed by atoms with Crippen LogP contribution in [0.4, 0.5) is 5.82 Å². The molecule has 0 radical (unpaired) electrons. The maximum atomic E-state index is 8.70. The van der Waals surface area contributed by atoms with Crippen LogP contribution in [0.25, 0.3) is 0 Å². The van der Waals surface area contributed by atoms with Gasteiger partial charge in [0.2, 0.25) is 0 Å². The molecule has 1 N–H and O–H groups in total. The van der Waals surface area contributed by atoms with Gasteiger partial charge >= 0.3 is 0 Å². The quantitative estimate of drug-likeness (QED) is 0.890. The molecule has 4 heteroatoms. The van der Waals surface area contributed by atoms with Crippen LogP contribution in [0.5, 0.6) is 5.75 Å². The van der Waals surface area contributed by atoms with Crippen LogP contribution in [0.2, 0.25) is 0 Å². The van der Waals surface area contributed by atoms with Crippen LogP contribution in [-0.2, 0) is 6.61 Å². The molecule has 0 spiro atoms. The SMILES string of the molecule is CCNc1ccc(COc2ccc(C#N)cc2)cn1. The number of nitrogens with one attached hydrogen (secondary N) is 1. The Labute approximate surface area is 112 Å². The molecule has 2 rings (SSSR count). The van der Waals surface area contributed by atoms with Gasteiger partial charge in [0, 0.05) is 18.3 Å². The van der Waals surface area contributed by atoms with Crippen LogP contribution in [0.3, 0.4) is 0 Å². The van der Waals surface area contributed by atoms with Crippen molar-refractivity contribution in [1.82, 2.24) is 4.98 Å². The first kappa shape index (κ1) is 12.9. The fraction of sp³-hybridized carbons (Fsp3) is 0.200. The lowest BCUT2D eigenvalue weighted by Crippen LogP contribution is -2.00. The average Bonchev–Trinajstić information content (AvgIpc) is 2.47. The average molecular weight is 253 g/mol. The van der Waals surface area contributed by atoms with Gasteiger partial charge in [0.25, 0.3) is 0 Å². The second-order valence-electron chi connectivity index (χ2n) is 4.01. The van der Waals surface area contributed by atoms with E-state index in [2.05, 4.69) is 16.4 Å². The zero-order chi connectivity index (χ0) is 13.5. The molecule has 0 amide bonds. The Bertz CT molecular complexity index is 555. The van der Waals surface area contributed by atoms with Gasteiger partial charge in [0.1, 0.15) is 18.2 Å². The number of hydrogen-bond acceptors (Lipinski definition) is 4. The molecule has 1 aromatic heterocycles. The molecule has 4 nitrogen and oxygen atoms in total. The maximum absolute atomic E-state index is 8.70. The van der Waals surface area contributed by atoms with E-state index in [-0.39, 0.29) is 0 Å². The van der Waals surface area contributed by atoms with Crippen LogP contribution >= 0.6 is 0 Å². The van der Waals surface area contributed by atoms with E-state index in [0.29, 0.717) is 12.2 Å². The van der Waals surface area contributed by atoms with Crippen molar-refractivity contribution in [2.75, 3.05) is 11.9 Å². The number of anilines is 1. The Morgan fingerprint density at radius 3 is 2.58 bits per heavy atom. The summed E-state index contributed by atoms with van der Waals surface area (Å²) in [7, 11) is 0. The Kier molecular flexibility index (Phi) is 4.35. The van der Waals surface area contributed by atoms with Crippen LogP contribution in [0.15, 0.2) is 42.6 Å². The summed E-state index contributed by atoms with van der Waals surface area (Å²) in [5, 5.41) is 11.8. The molecule has 0 atom stereocenters. The summed E-state index contributed by atoms with van der Waals surface area (Å²) in [6.45, 7) is 3.35. The lowest BCUT2D eigenvalue weighted by molar-refractivity contribution is 0.306. The highest BCUT2D eigenvalue weighted by molar-refractivity contribution is 5.36. The van der Waals surface area contributed by atoms with Gasteiger partial charge in [-0.3, -0.25) is 0 Å². The fourth-order valence-electron chi connectivity index (χ4n) is 1.59. The van der Waals surface area contributed by atoms with Gasteiger partial charge in [0.05, 0.1) is 11.6 Å². The molecule has 19 heavy (non-hydrogen) atoms. The minimum atomic E-state index is 0.464. The van der Waals surface area contributed by atoms with Crippen molar-refractivity contribution in [1.29, 1.82) is 5.26 Å². The Morgan fingerprint density at radius 1 is 1.21 bits per heavy atom. The molecule has 0 aliphatic rings. The molecular formula is C15H15N3O. The van der Waals surface area contributed by atoms with Crippen LogP contribution in [0.1, 0.15) is 18.1 Å². The Balaban J connectivity index is 1.92. The monoisotopic (exact) mass is 253 g/mol. The normalized spacial score (nSPS) is 9.68. The van der Waals surface area contributed by atoms with Gasteiger partial charge in [-0.05, 0) is 37.3 Å². The first-order valence-electron chi connectivity index (χ1n) is 6.13. The number of nitriles is 1. The van der Waals surface area contributed by atoms with Gasteiger partial charge in [-0.15, -0.1) is 0 Å². The molecule has 1 aromatic carbocycles. The zero-order valence-electron chi connectivity index (χ0n) is 10.8. The number of pyridine rings is 1. The smallest absolute Gasteiger partial charge is 0.125 e. The van der Waals surface area contributed by atoms with Gasteiger partial charge in [-0.2, -0.15) is 5.26 Å². The van der Waals surface area contributed by atoms with Crippen LogP contribution in [-0.4, -0.2) is 11.5 Å². The van der Waals surface area contributed by atoms with E-state index in [1.165, 1.54) is 0 Å². The predicted molar refractivity (Wildman–Crippen MR) is 73.9 cm³/mol. The summed E-state index contributed by atoms with van der Waals surface area (Å²) in [5.74, 6) is 1.61. The topological polar surface area (TPSA) is 57.9 Å². The Hall–Kier alpha value is -2.54. The van der Waals surface area contributed by atoms with Gasteiger partial charge in [0.15, 0.2) is 0 Å². The largest absolute Gasteiger partial charge is 0.489 e. The highest BCUT2D eigenvalue weighted by atomic mass is 16.5. The van der Waals surface area contributed by atoms with Gasteiger partial charge in [-0.25, -0.2) is 4.98 Å². The second-order valence-corrected chi connectivity index (χ2v) is 4.01. The lowest BCUT2D eigenvalue weighted by atomic mass is 10.2. The molecule has 0 aliphatic heterocycles. The van der Waals surface area contributed by atoms with Crippen molar-refractivity contribution >= 4 is 5.82 Å². The molecule has 0 saturated carbocycles. The predicted octanol–water partition coefficient (Wildman–Crippen LogP) is 2.96.